The van der Waals surface area contributed by atoms with Crippen molar-refractivity contribution < 1.29 is 8.42 Å². The van der Waals surface area contributed by atoms with Gasteiger partial charge in [0.2, 0.25) is 0 Å². The van der Waals surface area contributed by atoms with E-state index in [1.54, 1.807) is 24.3 Å². The van der Waals surface area contributed by atoms with E-state index in [-0.39, 0.29) is 0 Å². The van der Waals surface area contributed by atoms with E-state index >= 15 is 0 Å². The first-order valence-corrected chi connectivity index (χ1v) is 8.75. The molecular weight excluding hydrogens is 294 g/mol. The molecule has 3 rings (SSSR count). The SMILES string of the molecule is CS(=O)(=O)c1ccc(C=Cc2ccc3ccccc3n2)cc1. The third-order valence-corrected chi connectivity index (χ3v) is 4.50. The fourth-order valence-electron chi connectivity index (χ4n) is 2.18. The Hall–Kier alpha value is -2.46. The first-order chi connectivity index (χ1) is 10.5. The molecule has 0 radical (unpaired) electrons. The van der Waals surface area contributed by atoms with Crippen molar-refractivity contribution in [2.45, 2.75) is 4.90 Å². The summed E-state index contributed by atoms with van der Waals surface area (Å²) in [5.74, 6) is 0. The van der Waals surface area contributed by atoms with Gasteiger partial charge in [-0.15, -0.1) is 0 Å². The molecule has 0 unspecified atom stereocenters. The van der Waals surface area contributed by atoms with Gasteiger partial charge in [-0.05, 0) is 35.9 Å². The summed E-state index contributed by atoms with van der Waals surface area (Å²) in [5, 5.41) is 1.11. The van der Waals surface area contributed by atoms with E-state index in [9.17, 15) is 8.42 Å². The molecule has 0 N–H and O–H groups in total. The highest BCUT2D eigenvalue weighted by atomic mass is 32.2. The van der Waals surface area contributed by atoms with Crippen LogP contribution < -0.4 is 0 Å². The standard InChI is InChI=1S/C18H15NO2S/c1-22(20,21)17-12-7-14(8-13-17)6-10-16-11-9-15-4-2-3-5-18(15)19-16/h2-13H,1H3. The molecule has 3 aromatic rings. The normalized spacial score (nSPS) is 12.0. The van der Waals surface area contributed by atoms with Gasteiger partial charge >= 0.3 is 0 Å². The molecule has 4 heteroatoms. The average molecular weight is 309 g/mol. The fourth-order valence-corrected chi connectivity index (χ4v) is 2.81. The van der Waals surface area contributed by atoms with Crippen molar-refractivity contribution >= 4 is 32.9 Å². The molecule has 110 valence electrons. The van der Waals surface area contributed by atoms with Crippen LogP contribution in [0.3, 0.4) is 0 Å². The lowest BCUT2D eigenvalue weighted by atomic mass is 10.1. The van der Waals surface area contributed by atoms with Crippen LogP contribution in [0.15, 0.2) is 65.6 Å². The average Bonchev–Trinajstić information content (AvgIpc) is 2.52. The monoisotopic (exact) mass is 309 g/mol. The number of pyridine rings is 1. The quantitative estimate of drug-likeness (QED) is 0.739. The lowest BCUT2D eigenvalue weighted by Crippen LogP contribution is -1.96. The summed E-state index contributed by atoms with van der Waals surface area (Å²) in [7, 11) is -3.15. The highest BCUT2D eigenvalue weighted by Crippen LogP contribution is 2.15. The number of para-hydroxylation sites is 1. The molecule has 0 aliphatic carbocycles. The van der Waals surface area contributed by atoms with Crippen LogP contribution in [0.5, 0.6) is 0 Å². The molecule has 0 atom stereocenters. The molecule has 1 aromatic heterocycles. The van der Waals surface area contributed by atoms with Crippen molar-refractivity contribution in [2.24, 2.45) is 0 Å². The summed E-state index contributed by atoms with van der Waals surface area (Å²) < 4.78 is 22.8. The van der Waals surface area contributed by atoms with E-state index < -0.39 is 9.84 Å². The third kappa shape index (κ3) is 3.23. The molecule has 1 heterocycles. The number of benzene rings is 2. The van der Waals surface area contributed by atoms with Crippen molar-refractivity contribution in [2.75, 3.05) is 6.26 Å². The molecule has 0 fully saturated rings. The van der Waals surface area contributed by atoms with Crippen LogP contribution >= 0.6 is 0 Å². The van der Waals surface area contributed by atoms with Crippen LogP contribution in [-0.2, 0) is 9.84 Å². The maximum absolute atomic E-state index is 11.4. The predicted octanol–water partition coefficient (Wildman–Crippen LogP) is 3.81. The fraction of sp³-hybridized carbons (Fsp3) is 0.0556. The Kier molecular flexibility index (Phi) is 3.77. The van der Waals surface area contributed by atoms with Crippen LogP contribution in [0.2, 0.25) is 0 Å². The zero-order chi connectivity index (χ0) is 15.6. The van der Waals surface area contributed by atoms with Crippen LogP contribution in [0, 0.1) is 0 Å². The van der Waals surface area contributed by atoms with E-state index in [2.05, 4.69) is 4.98 Å². The van der Waals surface area contributed by atoms with Crippen molar-refractivity contribution in [1.82, 2.24) is 4.98 Å². The number of hydrogen-bond acceptors (Lipinski definition) is 3. The van der Waals surface area contributed by atoms with Crippen LogP contribution in [0.1, 0.15) is 11.3 Å². The zero-order valence-electron chi connectivity index (χ0n) is 12.1. The molecule has 0 saturated carbocycles. The molecule has 2 aromatic carbocycles. The van der Waals surface area contributed by atoms with E-state index in [0.717, 1.165) is 22.2 Å². The lowest BCUT2D eigenvalue weighted by Gasteiger charge is -2.00. The van der Waals surface area contributed by atoms with Gasteiger partial charge < -0.3 is 0 Å². The highest BCUT2D eigenvalue weighted by Gasteiger charge is 2.05. The second kappa shape index (κ2) is 5.73. The Morgan fingerprint density at radius 2 is 1.59 bits per heavy atom. The van der Waals surface area contributed by atoms with Crippen molar-refractivity contribution in [3.63, 3.8) is 0 Å². The molecule has 3 nitrogen and oxygen atoms in total. The maximum Gasteiger partial charge on any atom is 0.175 e. The Labute approximate surface area is 129 Å². The summed E-state index contributed by atoms with van der Waals surface area (Å²) in [6.45, 7) is 0. The molecule has 0 aliphatic rings. The summed E-state index contributed by atoms with van der Waals surface area (Å²) in [5.41, 5.74) is 2.75. The van der Waals surface area contributed by atoms with E-state index in [4.69, 9.17) is 0 Å². The van der Waals surface area contributed by atoms with E-state index in [1.165, 1.54) is 6.26 Å². The molecular formula is C18H15NO2S. The minimum atomic E-state index is -3.15. The van der Waals surface area contributed by atoms with Crippen LogP contribution in [0.4, 0.5) is 0 Å². The number of hydrogen-bond donors (Lipinski definition) is 0. The second-order valence-electron chi connectivity index (χ2n) is 5.10. The predicted molar refractivity (Wildman–Crippen MR) is 90.2 cm³/mol. The number of fused-ring (bicyclic) bond motifs is 1. The summed E-state index contributed by atoms with van der Waals surface area (Å²) in [4.78, 5) is 4.89. The number of nitrogens with zero attached hydrogens (tertiary/aromatic N) is 1. The second-order valence-corrected chi connectivity index (χ2v) is 7.12. The van der Waals surface area contributed by atoms with Gasteiger partial charge in [0.05, 0.1) is 16.1 Å². The lowest BCUT2D eigenvalue weighted by molar-refractivity contribution is 0.602. The van der Waals surface area contributed by atoms with Gasteiger partial charge in [0.15, 0.2) is 9.84 Å². The van der Waals surface area contributed by atoms with Crippen molar-refractivity contribution in [1.29, 1.82) is 0 Å². The summed E-state index contributed by atoms with van der Waals surface area (Å²) in [6.07, 6.45) is 5.04. The van der Waals surface area contributed by atoms with E-state index in [0.29, 0.717) is 4.90 Å². The van der Waals surface area contributed by atoms with Gasteiger partial charge in [0.1, 0.15) is 0 Å². The minimum absolute atomic E-state index is 0.327. The van der Waals surface area contributed by atoms with Gasteiger partial charge in [-0.1, -0.05) is 42.5 Å². The minimum Gasteiger partial charge on any atom is -0.248 e. The molecule has 0 bridgehead atoms. The smallest absolute Gasteiger partial charge is 0.175 e. The molecule has 0 amide bonds. The summed E-state index contributed by atoms with van der Waals surface area (Å²) >= 11 is 0. The van der Waals surface area contributed by atoms with Gasteiger partial charge in [0.25, 0.3) is 0 Å². The number of sulfone groups is 1. The van der Waals surface area contributed by atoms with Crippen molar-refractivity contribution in [3.8, 4) is 0 Å². The first kappa shape index (κ1) is 14.5. The molecule has 0 saturated heterocycles. The number of aromatic nitrogens is 1. The van der Waals surface area contributed by atoms with Crippen molar-refractivity contribution in [3.05, 3.63) is 71.9 Å². The van der Waals surface area contributed by atoms with Crippen LogP contribution in [-0.4, -0.2) is 19.7 Å². The zero-order valence-corrected chi connectivity index (χ0v) is 12.9. The third-order valence-electron chi connectivity index (χ3n) is 3.37. The molecule has 0 aliphatic heterocycles. The van der Waals surface area contributed by atoms with Crippen LogP contribution in [0.25, 0.3) is 23.1 Å². The largest absolute Gasteiger partial charge is 0.248 e. The summed E-state index contributed by atoms with van der Waals surface area (Å²) in [6, 6.07) is 18.8. The highest BCUT2D eigenvalue weighted by molar-refractivity contribution is 7.90. The molecule has 22 heavy (non-hydrogen) atoms. The van der Waals surface area contributed by atoms with Gasteiger partial charge in [-0.2, -0.15) is 0 Å². The number of rotatable bonds is 3. The van der Waals surface area contributed by atoms with Gasteiger partial charge in [-0.25, -0.2) is 13.4 Å². The van der Waals surface area contributed by atoms with Gasteiger partial charge in [0, 0.05) is 11.6 Å². The Balaban J connectivity index is 1.86. The first-order valence-electron chi connectivity index (χ1n) is 6.86. The topological polar surface area (TPSA) is 47.0 Å². The Morgan fingerprint density at radius 1 is 0.864 bits per heavy atom. The molecule has 0 spiro atoms. The maximum atomic E-state index is 11.4. The van der Waals surface area contributed by atoms with Gasteiger partial charge in [-0.3, -0.25) is 0 Å². The Bertz CT molecular complexity index is 942. The Morgan fingerprint density at radius 3 is 2.32 bits per heavy atom. The van der Waals surface area contributed by atoms with E-state index in [1.807, 2.05) is 48.6 Å².